The van der Waals surface area contributed by atoms with Gasteiger partial charge in [0.2, 0.25) is 0 Å². The molecule has 0 spiro atoms. The second-order valence-electron chi connectivity index (χ2n) is 5.65. The number of benzene rings is 2. The zero-order valence-corrected chi connectivity index (χ0v) is 15.4. The van der Waals surface area contributed by atoms with Gasteiger partial charge in [0, 0.05) is 16.9 Å². The lowest BCUT2D eigenvalue weighted by molar-refractivity contribution is 0.687. The molecule has 0 aliphatic carbocycles. The first kappa shape index (κ1) is 17.5. The van der Waals surface area contributed by atoms with E-state index in [0.717, 1.165) is 28.4 Å². The third-order valence-electron chi connectivity index (χ3n) is 3.80. The van der Waals surface area contributed by atoms with Gasteiger partial charge in [0.25, 0.3) is 0 Å². The molecule has 2 N–H and O–H groups in total. The molecule has 0 unspecified atom stereocenters. The van der Waals surface area contributed by atoms with Crippen LogP contribution in [0.3, 0.4) is 0 Å². The standard InChI is InChI=1S/C19H19ClN4S/c1-2-14-7-9-16(10-8-14)22-19(25)23-17-11-21-24(13-17)12-15-5-3-4-6-18(15)20/h3-11,13H,2,12H2,1H3,(H2,22,23,25). The van der Waals surface area contributed by atoms with Gasteiger partial charge in [-0.05, 0) is 48.0 Å². The molecule has 3 rings (SSSR count). The van der Waals surface area contributed by atoms with Gasteiger partial charge in [-0.1, -0.05) is 48.9 Å². The van der Waals surface area contributed by atoms with Gasteiger partial charge in [-0.3, -0.25) is 4.68 Å². The molecule has 6 heteroatoms. The molecule has 2 aromatic carbocycles. The number of nitrogens with zero attached hydrogens (tertiary/aromatic N) is 2. The van der Waals surface area contributed by atoms with E-state index >= 15 is 0 Å². The molecule has 0 fully saturated rings. The zero-order valence-electron chi connectivity index (χ0n) is 13.9. The zero-order chi connectivity index (χ0) is 17.6. The summed E-state index contributed by atoms with van der Waals surface area (Å²) in [6, 6.07) is 16.0. The van der Waals surface area contributed by atoms with Crippen LogP contribution in [0.5, 0.6) is 0 Å². The van der Waals surface area contributed by atoms with Crippen LogP contribution in [0.1, 0.15) is 18.1 Å². The third kappa shape index (κ3) is 4.81. The Balaban J connectivity index is 1.58. The van der Waals surface area contributed by atoms with Crippen molar-refractivity contribution in [3.8, 4) is 0 Å². The lowest BCUT2D eigenvalue weighted by Gasteiger charge is -2.09. The molecule has 128 valence electrons. The number of hydrogen-bond acceptors (Lipinski definition) is 2. The van der Waals surface area contributed by atoms with Gasteiger partial charge in [-0.2, -0.15) is 5.10 Å². The summed E-state index contributed by atoms with van der Waals surface area (Å²) in [5.74, 6) is 0. The first-order valence-corrected chi connectivity index (χ1v) is 8.85. The van der Waals surface area contributed by atoms with Crippen molar-refractivity contribution < 1.29 is 0 Å². The molecule has 0 atom stereocenters. The monoisotopic (exact) mass is 370 g/mol. The van der Waals surface area contributed by atoms with Crippen LogP contribution in [0, 0.1) is 0 Å². The van der Waals surface area contributed by atoms with E-state index in [9.17, 15) is 0 Å². The molecule has 0 aliphatic heterocycles. The van der Waals surface area contributed by atoms with Crippen molar-refractivity contribution in [3.05, 3.63) is 77.1 Å². The van der Waals surface area contributed by atoms with Crippen molar-refractivity contribution >= 4 is 40.3 Å². The van der Waals surface area contributed by atoms with E-state index in [4.69, 9.17) is 23.8 Å². The molecule has 0 saturated heterocycles. The van der Waals surface area contributed by atoms with E-state index in [1.807, 2.05) is 47.3 Å². The van der Waals surface area contributed by atoms with Crippen molar-refractivity contribution in [1.29, 1.82) is 0 Å². The average molecular weight is 371 g/mol. The summed E-state index contributed by atoms with van der Waals surface area (Å²) < 4.78 is 1.82. The van der Waals surface area contributed by atoms with Gasteiger partial charge in [-0.15, -0.1) is 0 Å². The second-order valence-corrected chi connectivity index (χ2v) is 6.46. The number of rotatable bonds is 5. The Morgan fingerprint density at radius 1 is 1.08 bits per heavy atom. The predicted octanol–water partition coefficient (Wildman–Crippen LogP) is 4.96. The second kappa shape index (κ2) is 8.14. The fourth-order valence-electron chi connectivity index (χ4n) is 2.43. The smallest absolute Gasteiger partial charge is 0.175 e. The van der Waals surface area contributed by atoms with Crippen LogP contribution in [-0.2, 0) is 13.0 Å². The summed E-state index contributed by atoms with van der Waals surface area (Å²) in [5.41, 5.74) is 4.11. The molecule has 4 nitrogen and oxygen atoms in total. The Kier molecular flexibility index (Phi) is 5.68. The largest absolute Gasteiger partial charge is 0.332 e. The highest BCUT2D eigenvalue weighted by Crippen LogP contribution is 2.17. The topological polar surface area (TPSA) is 41.9 Å². The molecule has 3 aromatic rings. The summed E-state index contributed by atoms with van der Waals surface area (Å²) in [6.07, 6.45) is 4.66. The number of aryl methyl sites for hydroxylation is 1. The van der Waals surface area contributed by atoms with E-state index in [1.54, 1.807) is 6.20 Å². The Bertz CT molecular complexity index is 858. The maximum Gasteiger partial charge on any atom is 0.175 e. The van der Waals surface area contributed by atoms with Crippen LogP contribution < -0.4 is 10.6 Å². The fraction of sp³-hybridized carbons (Fsp3) is 0.158. The van der Waals surface area contributed by atoms with E-state index in [-0.39, 0.29) is 0 Å². The maximum atomic E-state index is 6.19. The van der Waals surface area contributed by atoms with Crippen LogP contribution in [0.25, 0.3) is 0 Å². The molecule has 0 saturated carbocycles. The van der Waals surface area contributed by atoms with Crippen molar-refractivity contribution in [3.63, 3.8) is 0 Å². The van der Waals surface area contributed by atoms with E-state index < -0.39 is 0 Å². The van der Waals surface area contributed by atoms with Crippen molar-refractivity contribution in [2.45, 2.75) is 19.9 Å². The fourth-order valence-corrected chi connectivity index (χ4v) is 2.86. The predicted molar refractivity (Wildman–Crippen MR) is 108 cm³/mol. The summed E-state index contributed by atoms with van der Waals surface area (Å²) >= 11 is 11.5. The van der Waals surface area contributed by atoms with E-state index in [0.29, 0.717) is 11.7 Å². The Morgan fingerprint density at radius 3 is 2.52 bits per heavy atom. The maximum absolute atomic E-state index is 6.19. The summed E-state index contributed by atoms with van der Waals surface area (Å²) in [6.45, 7) is 2.74. The summed E-state index contributed by atoms with van der Waals surface area (Å²) in [4.78, 5) is 0. The van der Waals surface area contributed by atoms with Crippen LogP contribution in [0.15, 0.2) is 60.9 Å². The Labute approximate surface area is 157 Å². The quantitative estimate of drug-likeness (QED) is 0.623. The molecule has 0 bridgehead atoms. The molecular formula is C19H19ClN4S. The highest BCUT2D eigenvalue weighted by Gasteiger charge is 2.05. The van der Waals surface area contributed by atoms with Gasteiger partial charge >= 0.3 is 0 Å². The highest BCUT2D eigenvalue weighted by molar-refractivity contribution is 7.80. The van der Waals surface area contributed by atoms with Gasteiger partial charge in [-0.25, -0.2) is 0 Å². The summed E-state index contributed by atoms with van der Waals surface area (Å²) in [7, 11) is 0. The molecule has 0 aliphatic rings. The van der Waals surface area contributed by atoms with Crippen molar-refractivity contribution in [1.82, 2.24) is 9.78 Å². The molecule has 1 heterocycles. The first-order chi connectivity index (χ1) is 12.1. The molecule has 0 radical (unpaired) electrons. The number of aromatic nitrogens is 2. The van der Waals surface area contributed by atoms with Gasteiger partial charge in [0.1, 0.15) is 0 Å². The molecule has 25 heavy (non-hydrogen) atoms. The lowest BCUT2D eigenvalue weighted by Crippen LogP contribution is -2.18. The number of thiocarbonyl (C=S) groups is 1. The van der Waals surface area contributed by atoms with Gasteiger partial charge < -0.3 is 10.6 Å². The minimum atomic E-state index is 0.529. The Hall–Kier alpha value is -2.37. The van der Waals surface area contributed by atoms with Crippen molar-refractivity contribution in [2.24, 2.45) is 0 Å². The average Bonchev–Trinajstić information content (AvgIpc) is 3.04. The highest BCUT2D eigenvalue weighted by atomic mass is 35.5. The normalized spacial score (nSPS) is 10.5. The lowest BCUT2D eigenvalue weighted by atomic mass is 10.1. The minimum absolute atomic E-state index is 0.529. The Morgan fingerprint density at radius 2 is 1.80 bits per heavy atom. The number of anilines is 2. The van der Waals surface area contributed by atoms with Gasteiger partial charge in [0.15, 0.2) is 5.11 Å². The number of nitrogens with one attached hydrogen (secondary N) is 2. The summed E-state index contributed by atoms with van der Waals surface area (Å²) in [5, 5.41) is 11.9. The first-order valence-electron chi connectivity index (χ1n) is 8.07. The SMILES string of the molecule is CCc1ccc(NC(=S)Nc2cnn(Cc3ccccc3Cl)c2)cc1. The minimum Gasteiger partial charge on any atom is -0.332 e. The van der Waals surface area contributed by atoms with Crippen molar-refractivity contribution in [2.75, 3.05) is 10.6 Å². The van der Waals surface area contributed by atoms with Crippen LogP contribution in [-0.4, -0.2) is 14.9 Å². The van der Waals surface area contributed by atoms with E-state index in [1.165, 1.54) is 5.56 Å². The molecule has 0 amide bonds. The van der Waals surface area contributed by atoms with E-state index in [2.05, 4.69) is 34.8 Å². The van der Waals surface area contributed by atoms with Gasteiger partial charge in [0.05, 0.1) is 18.4 Å². The molecule has 1 aromatic heterocycles. The van der Waals surface area contributed by atoms with Crippen LogP contribution in [0.2, 0.25) is 5.02 Å². The number of hydrogen-bond donors (Lipinski definition) is 2. The van der Waals surface area contributed by atoms with Crippen LogP contribution in [0.4, 0.5) is 11.4 Å². The third-order valence-corrected chi connectivity index (χ3v) is 4.37. The van der Waals surface area contributed by atoms with Crippen LogP contribution >= 0.6 is 23.8 Å². The number of halogens is 1. The molecular weight excluding hydrogens is 352 g/mol.